The van der Waals surface area contributed by atoms with Crippen molar-refractivity contribution in [2.75, 3.05) is 19.6 Å². The Morgan fingerprint density at radius 3 is 2.90 bits per heavy atom. The van der Waals surface area contributed by atoms with E-state index in [0.717, 1.165) is 12.8 Å². The molecular weight excluding hydrogens is 285 g/mol. The Morgan fingerprint density at radius 2 is 2.24 bits per heavy atom. The van der Waals surface area contributed by atoms with Gasteiger partial charge in [-0.2, -0.15) is 18.3 Å². The molecule has 118 valence electrons. The Labute approximate surface area is 121 Å². The predicted octanol–water partition coefficient (Wildman–Crippen LogP) is 1.42. The van der Waals surface area contributed by atoms with Gasteiger partial charge in [0.1, 0.15) is 0 Å². The quantitative estimate of drug-likeness (QED) is 0.809. The summed E-state index contributed by atoms with van der Waals surface area (Å²) in [7, 11) is 0. The van der Waals surface area contributed by atoms with Gasteiger partial charge in [0.05, 0.1) is 19.1 Å². The van der Waals surface area contributed by atoms with Crippen LogP contribution in [0.5, 0.6) is 0 Å². The fourth-order valence-corrected chi connectivity index (χ4v) is 2.55. The van der Waals surface area contributed by atoms with Crippen LogP contribution >= 0.6 is 0 Å². The van der Waals surface area contributed by atoms with Gasteiger partial charge in [-0.3, -0.25) is 9.48 Å². The molecule has 5 nitrogen and oxygen atoms in total. The second-order valence-corrected chi connectivity index (χ2v) is 5.15. The summed E-state index contributed by atoms with van der Waals surface area (Å²) in [5.41, 5.74) is 0. The van der Waals surface area contributed by atoms with Crippen molar-refractivity contribution in [2.24, 2.45) is 0 Å². The number of hydrogen-bond donors (Lipinski definition) is 1. The van der Waals surface area contributed by atoms with E-state index in [9.17, 15) is 18.0 Å². The van der Waals surface area contributed by atoms with E-state index in [0.29, 0.717) is 13.1 Å². The van der Waals surface area contributed by atoms with E-state index < -0.39 is 12.7 Å². The SMILES string of the molecule is O=C(CCNCC(F)(F)F)N1CCCC1Cn1cccn1. The van der Waals surface area contributed by atoms with E-state index in [4.69, 9.17) is 0 Å². The molecule has 2 rings (SSSR count). The van der Waals surface area contributed by atoms with Crippen LogP contribution in [0, 0.1) is 0 Å². The summed E-state index contributed by atoms with van der Waals surface area (Å²) in [5.74, 6) is -0.0978. The average Bonchev–Trinajstić information content (AvgIpc) is 3.05. The molecule has 8 heteroatoms. The molecular formula is C13H19F3N4O. The number of halogens is 3. The predicted molar refractivity (Wildman–Crippen MR) is 70.5 cm³/mol. The molecule has 0 saturated carbocycles. The summed E-state index contributed by atoms with van der Waals surface area (Å²) in [5, 5.41) is 6.37. The highest BCUT2D eigenvalue weighted by Crippen LogP contribution is 2.19. The highest BCUT2D eigenvalue weighted by Gasteiger charge is 2.29. The molecule has 21 heavy (non-hydrogen) atoms. The molecule has 1 aliphatic heterocycles. The number of likely N-dealkylation sites (tertiary alicyclic amines) is 1. The number of alkyl halides is 3. The topological polar surface area (TPSA) is 50.2 Å². The van der Waals surface area contributed by atoms with E-state index >= 15 is 0 Å². The van der Waals surface area contributed by atoms with Crippen LogP contribution in [0.1, 0.15) is 19.3 Å². The molecule has 0 bridgehead atoms. The van der Waals surface area contributed by atoms with Gasteiger partial charge in [-0.15, -0.1) is 0 Å². The van der Waals surface area contributed by atoms with Gasteiger partial charge < -0.3 is 10.2 Å². The summed E-state index contributed by atoms with van der Waals surface area (Å²) in [6, 6.07) is 1.90. The van der Waals surface area contributed by atoms with E-state index in [1.807, 2.05) is 12.3 Å². The molecule has 1 aromatic rings. The third-order valence-electron chi connectivity index (χ3n) is 3.50. The van der Waals surface area contributed by atoms with E-state index in [1.54, 1.807) is 15.8 Å². The Kier molecular flexibility index (Phi) is 5.22. The molecule has 1 N–H and O–H groups in total. The molecule has 1 atom stereocenters. The molecule has 1 amide bonds. The Hall–Kier alpha value is -1.57. The minimum Gasteiger partial charge on any atom is -0.338 e. The van der Waals surface area contributed by atoms with Crippen molar-refractivity contribution in [3.63, 3.8) is 0 Å². The molecule has 1 saturated heterocycles. The number of carbonyl (C=O) groups is 1. The molecule has 2 heterocycles. The zero-order chi connectivity index (χ0) is 15.3. The fraction of sp³-hybridized carbons (Fsp3) is 0.692. The van der Waals surface area contributed by atoms with Crippen molar-refractivity contribution in [1.82, 2.24) is 20.0 Å². The monoisotopic (exact) mass is 304 g/mol. The lowest BCUT2D eigenvalue weighted by molar-refractivity contribution is -0.134. The Bertz CT molecular complexity index is 447. The number of nitrogens with one attached hydrogen (secondary N) is 1. The summed E-state index contributed by atoms with van der Waals surface area (Å²) in [6.07, 6.45) is 1.20. The van der Waals surface area contributed by atoms with Crippen LogP contribution < -0.4 is 5.32 Å². The number of nitrogens with zero attached hydrogens (tertiary/aromatic N) is 3. The maximum atomic E-state index is 12.1. The highest BCUT2D eigenvalue weighted by molar-refractivity contribution is 5.77. The summed E-state index contributed by atoms with van der Waals surface area (Å²) in [4.78, 5) is 13.8. The second-order valence-electron chi connectivity index (χ2n) is 5.15. The first-order valence-electron chi connectivity index (χ1n) is 7.00. The van der Waals surface area contributed by atoms with Crippen LogP contribution in [0.2, 0.25) is 0 Å². The number of rotatable bonds is 6. The molecule has 1 fully saturated rings. The molecule has 1 aliphatic rings. The van der Waals surface area contributed by atoms with Crippen LogP contribution in [0.25, 0.3) is 0 Å². The highest BCUT2D eigenvalue weighted by atomic mass is 19.4. The smallest absolute Gasteiger partial charge is 0.338 e. The minimum absolute atomic E-state index is 0.0450. The molecule has 1 unspecified atom stereocenters. The van der Waals surface area contributed by atoms with Gasteiger partial charge in [0.2, 0.25) is 5.91 Å². The standard InChI is InChI=1S/C13H19F3N4O/c14-13(15,16)10-17-6-4-12(21)20-8-1-3-11(20)9-19-7-2-5-18-19/h2,5,7,11,17H,1,3-4,6,8-10H2. The lowest BCUT2D eigenvalue weighted by atomic mass is 10.2. The van der Waals surface area contributed by atoms with Crippen molar-refractivity contribution in [3.05, 3.63) is 18.5 Å². The van der Waals surface area contributed by atoms with Gasteiger partial charge in [0.15, 0.2) is 0 Å². The molecule has 0 spiro atoms. The summed E-state index contributed by atoms with van der Waals surface area (Å²) < 4.78 is 37.7. The maximum Gasteiger partial charge on any atom is 0.401 e. The first-order valence-corrected chi connectivity index (χ1v) is 7.00. The van der Waals surface area contributed by atoms with Gasteiger partial charge in [-0.25, -0.2) is 0 Å². The lowest BCUT2D eigenvalue weighted by Gasteiger charge is -2.25. The first-order chi connectivity index (χ1) is 9.96. The van der Waals surface area contributed by atoms with Crippen LogP contribution in [0.15, 0.2) is 18.5 Å². The minimum atomic E-state index is -4.24. The first kappa shape index (κ1) is 15.8. The lowest BCUT2D eigenvalue weighted by Crippen LogP contribution is -2.40. The van der Waals surface area contributed by atoms with Gasteiger partial charge >= 0.3 is 6.18 Å². The number of aromatic nitrogens is 2. The second kappa shape index (κ2) is 6.93. The zero-order valence-corrected chi connectivity index (χ0v) is 11.6. The molecule has 0 radical (unpaired) electrons. The van der Waals surface area contributed by atoms with Crippen LogP contribution in [-0.4, -0.2) is 52.4 Å². The van der Waals surface area contributed by atoms with Crippen molar-refractivity contribution in [3.8, 4) is 0 Å². The van der Waals surface area contributed by atoms with E-state index in [-0.39, 0.29) is 24.9 Å². The van der Waals surface area contributed by atoms with Crippen molar-refractivity contribution >= 4 is 5.91 Å². The zero-order valence-electron chi connectivity index (χ0n) is 11.6. The van der Waals surface area contributed by atoms with Gasteiger partial charge in [0, 0.05) is 31.9 Å². The fourth-order valence-electron chi connectivity index (χ4n) is 2.55. The van der Waals surface area contributed by atoms with E-state index in [2.05, 4.69) is 10.4 Å². The largest absolute Gasteiger partial charge is 0.401 e. The van der Waals surface area contributed by atoms with Crippen LogP contribution in [-0.2, 0) is 11.3 Å². The van der Waals surface area contributed by atoms with Gasteiger partial charge in [0.25, 0.3) is 0 Å². The molecule has 0 aromatic carbocycles. The molecule has 1 aromatic heterocycles. The normalized spacial score (nSPS) is 19.2. The molecule has 0 aliphatic carbocycles. The average molecular weight is 304 g/mol. The number of hydrogen-bond acceptors (Lipinski definition) is 3. The Morgan fingerprint density at radius 1 is 1.43 bits per heavy atom. The Balaban J connectivity index is 1.75. The third-order valence-corrected chi connectivity index (χ3v) is 3.50. The van der Waals surface area contributed by atoms with Crippen LogP contribution in [0.4, 0.5) is 13.2 Å². The third kappa shape index (κ3) is 5.04. The van der Waals surface area contributed by atoms with E-state index in [1.165, 1.54) is 0 Å². The maximum absolute atomic E-state index is 12.1. The van der Waals surface area contributed by atoms with Crippen LogP contribution in [0.3, 0.4) is 0 Å². The number of amides is 1. The van der Waals surface area contributed by atoms with Crippen molar-refractivity contribution in [1.29, 1.82) is 0 Å². The summed E-state index contributed by atoms with van der Waals surface area (Å²) in [6.45, 7) is 0.291. The van der Waals surface area contributed by atoms with Gasteiger partial charge in [-0.05, 0) is 18.9 Å². The summed E-state index contributed by atoms with van der Waals surface area (Å²) >= 11 is 0. The number of carbonyl (C=O) groups excluding carboxylic acids is 1. The van der Waals surface area contributed by atoms with Gasteiger partial charge in [-0.1, -0.05) is 0 Å². The van der Waals surface area contributed by atoms with Crippen molar-refractivity contribution < 1.29 is 18.0 Å². The van der Waals surface area contributed by atoms with Crippen molar-refractivity contribution in [2.45, 2.75) is 38.0 Å².